The van der Waals surface area contributed by atoms with E-state index in [0.717, 1.165) is 0 Å². The van der Waals surface area contributed by atoms with Crippen molar-refractivity contribution in [3.8, 4) is 5.75 Å². The van der Waals surface area contributed by atoms with Gasteiger partial charge in [0.2, 0.25) is 0 Å². The number of nitrogens with one attached hydrogen (secondary N) is 1. The van der Waals surface area contributed by atoms with Crippen LogP contribution in [0.3, 0.4) is 0 Å². The Bertz CT molecular complexity index is 365. The lowest BCUT2D eigenvalue weighted by Crippen LogP contribution is -2.39. The molecule has 94 valence electrons. The predicted octanol–water partition coefficient (Wildman–Crippen LogP) is 1.09. The molecule has 0 aromatic heterocycles. The van der Waals surface area contributed by atoms with Gasteiger partial charge in [0.1, 0.15) is 11.6 Å². The van der Waals surface area contributed by atoms with Gasteiger partial charge in [-0.3, -0.25) is 4.79 Å². The molecule has 0 heterocycles. The van der Waals surface area contributed by atoms with Crippen molar-refractivity contribution in [3.05, 3.63) is 30.1 Å². The van der Waals surface area contributed by atoms with Gasteiger partial charge >= 0.3 is 0 Å². The number of carbonyl (C=O) groups is 1. The van der Waals surface area contributed by atoms with Crippen molar-refractivity contribution in [1.29, 1.82) is 0 Å². The number of aliphatic hydroxyl groups excluding tert-OH is 1. The topological polar surface area (TPSA) is 58.6 Å². The van der Waals surface area contributed by atoms with Crippen LogP contribution in [0.15, 0.2) is 24.3 Å². The fourth-order valence-electron chi connectivity index (χ4n) is 1.16. The molecule has 0 bridgehead atoms. The van der Waals surface area contributed by atoms with E-state index in [2.05, 4.69) is 5.32 Å². The molecule has 1 rings (SSSR count). The largest absolute Gasteiger partial charge is 0.481 e. The number of amides is 1. The van der Waals surface area contributed by atoms with Crippen molar-refractivity contribution >= 4 is 5.91 Å². The molecule has 5 heteroatoms. The first-order valence-electron chi connectivity index (χ1n) is 5.37. The zero-order chi connectivity index (χ0) is 12.8. The molecule has 1 aromatic carbocycles. The summed E-state index contributed by atoms with van der Waals surface area (Å²) in [5, 5.41) is 11.5. The van der Waals surface area contributed by atoms with E-state index in [1.54, 1.807) is 13.8 Å². The monoisotopic (exact) mass is 241 g/mol. The number of hydrogen-bond acceptors (Lipinski definition) is 3. The lowest BCUT2D eigenvalue weighted by Gasteiger charge is -2.15. The van der Waals surface area contributed by atoms with Gasteiger partial charge in [-0.25, -0.2) is 4.39 Å². The first-order valence-corrected chi connectivity index (χ1v) is 5.37. The molecule has 0 saturated heterocycles. The highest BCUT2D eigenvalue weighted by molar-refractivity contribution is 5.80. The van der Waals surface area contributed by atoms with Gasteiger partial charge in [-0.15, -0.1) is 0 Å². The number of benzene rings is 1. The van der Waals surface area contributed by atoms with Crippen LogP contribution in [-0.2, 0) is 4.79 Å². The van der Waals surface area contributed by atoms with Crippen LogP contribution in [0.25, 0.3) is 0 Å². The maximum absolute atomic E-state index is 12.6. The van der Waals surface area contributed by atoms with E-state index < -0.39 is 12.2 Å². The zero-order valence-electron chi connectivity index (χ0n) is 9.81. The van der Waals surface area contributed by atoms with Crippen molar-refractivity contribution < 1.29 is 19.0 Å². The molecule has 0 radical (unpaired) electrons. The summed E-state index contributed by atoms with van der Waals surface area (Å²) in [7, 11) is 0. The predicted molar refractivity (Wildman–Crippen MR) is 61.2 cm³/mol. The van der Waals surface area contributed by atoms with Crippen molar-refractivity contribution in [1.82, 2.24) is 5.32 Å². The first kappa shape index (κ1) is 13.4. The second-order valence-electron chi connectivity index (χ2n) is 3.81. The molecule has 0 aliphatic heterocycles. The highest BCUT2D eigenvalue weighted by Crippen LogP contribution is 2.12. The van der Waals surface area contributed by atoms with Crippen LogP contribution in [0.2, 0.25) is 0 Å². The molecule has 0 aliphatic rings. The van der Waals surface area contributed by atoms with Crippen LogP contribution in [0.5, 0.6) is 5.75 Å². The minimum Gasteiger partial charge on any atom is -0.481 e. The lowest BCUT2D eigenvalue weighted by atomic mass is 10.3. The van der Waals surface area contributed by atoms with Crippen LogP contribution < -0.4 is 10.1 Å². The van der Waals surface area contributed by atoms with E-state index in [0.29, 0.717) is 5.75 Å². The quantitative estimate of drug-likeness (QED) is 0.811. The van der Waals surface area contributed by atoms with Crippen molar-refractivity contribution in [2.45, 2.75) is 26.1 Å². The van der Waals surface area contributed by atoms with Gasteiger partial charge < -0.3 is 15.2 Å². The number of ether oxygens (including phenoxy) is 1. The standard InChI is InChI=1S/C12H16FNO3/c1-8(15)7-14-12(16)9(2)17-11-5-3-10(13)4-6-11/h3-6,8-9,15H,7H2,1-2H3,(H,14,16)/t8-,9?/m1/s1. The van der Waals surface area contributed by atoms with E-state index in [9.17, 15) is 9.18 Å². The minimum atomic E-state index is -0.695. The van der Waals surface area contributed by atoms with Crippen LogP contribution in [0.4, 0.5) is 4.39 Å². The summed E-state index contributed by atoms with van der Waals surface area (Å²) in [6.45, 7) is 3.34. The summed E-state index contributed by atoms with van der Waals surface area (Å²) in [4.78, 5) is 11.5. The smallest absolute Gasteiger partial charge is 0.260 e. The van der Waals surface area contributed by atoms with Crippen LogP contribution in [0.1, 0.15) is 13.8 Å². The maximum Gasteiger partial charge on any atom is 0.260 e. The van der Waals surface area contributed by atoms with Gasteiger partial charge in [0.05, 0.1) is 6.10 Å². The third-order valence-electron chi connectivity index (χ3n) is 2.07. The van der Waals surface area contributed by atoms with Crippen LogP contribution in [0, 0.1) is 5.82 Å². The van der Waals surface area contributed by atoms with Gasteiger partial charge in [-0.2, -0.15) is 0 Å². The normalized spacial score (nSPS) is 13.9. The maximum atomic E-state index is 12.6. The van der Waals surface area contributed by atoms with Crippen LogP contribution >= 0.6 is 0 Å². The molecule has 1 amide bonds. The van der Waals surface area contributed by atoms with Gasteiger partial charge in [0, 0.05) is 6.54 Å². The first-order chi connectivity index (χ1) is 7.99. The van der Waals surface area contributed by atoms with E-state index >= 15 is 0 Å². The summed E-state index contributed by atoms with van der Waals surface area (Å²) >= 11 is 0. The molecule has 2 atom stereocenters. The fourth-order valence-corrected chi connectivity index (χ4v) is 1.16. The van der Waals surface area contributed by atoms with Gasteiger partial charge in [-0.1, -0.05) is 0 Å². The Morgan fingerprint density at radius 3 is 2.53 bits per heavy atom. The minimum absolute atomic E-state index is 0.177. The number of rotatable bonds is 5. The summed E-state index contributed by atoms with van der Waals surface area (Å²) in [6.07, 6.45) is -1.30. The molecular formula is C12H16FNO3. The van der Waals surface area contributed by atoms with E-state index in [1.165, 1.54) is 24.3 Å². The third kappa shape index (κ3) is 4.82. The van der Waals surface area contributed by atoms with E-state index in [-0.39, 0.29) is 18.3 Å². The van der Waals surface area contributed by atoms with Gasteiger partial charge in [0.25, 0.3) is 5.91 Å². The number of hydrogen-bond donors (Lipinski definition) is 2. The Balaban J connectivity index is 2.45. The highest BCUT2D eigenvalue weighted by atomic mass is 19.1. The van der Waals surface area contributed by atoms with Crippen molar-refractivity contribution in [3.63, 3.8) is 0 Å². The summed E-state index contributed by atoms with van der Waals surface area (Å²) in [5.41, 5.74) is 0. The van der Waals surface area contributed by atoms with Crippen LogP contribution in [-0.4, -0.2) is 29.8 Å². The Labute approximate surface area is 99.4 Å². The molecule has 0 saturated carbocycles. The molecular weight excluding hydrogens is 225 g/mol. The zero-order valence-corrected chi connectivity index (χ0v) is 9.81. The SMILES string of the molecule is CC(Oc1ccc(F)cc1)C(=O)NC[C@@H](C)O. The highest BCUT2D eigenvalue weighted by Gasteiger charge is 2.14. The Hall–Kier alpha value is -1.62. The summed E-state index contributed by atoms with van der Waals surface area (Å²) < 4.78 is 17.9. The molecule has 1 unspecified atom stereocenters. The molecule has 4 nitrogen and oxygen atoms in total. The third-order valence-corrected chi connectivity index (χ3v) is 2.07. The van der Waals surface area contributed by atoms with Gasteiger partial charge in [-0.05, 0) is 38.1 Å². The number of aliphatic hydroxyl groups is 1. The second-order valence-corrected chi connectivity index (χ2v) is 3.81. The number of carbonyl (C=O) groups excluding carboxylic acids is 1. The fraction of sp³-hybridized carbons (Fsp3) is 0.417. The Kier molecular flexibility index (Phi) is 4.90. The molecule has 0 aliphatic carbocycles. The molecule has 1 aromatic rings. The van der Waals surface area contributed by atoms with Crippen molar-refractivity contribution in [2.24, 2.45) is 0 Å². The van der Waals surface area contributed by atoms with E-state index in [4.69, 9.17) is 9.84 Å². The average Bonchev–Trinajstić information content (AvgIpc) is 2.28. The molecule has 0 spiro atoms. The molecule has 2 N–H and O–H groups in total. The second kappa shape index (κ2) is 6.20. The summed E-state index contributed by atoms with van der Waals surface area (Å²) in [6, 6.07) is 5.42. The lowest BCUT2D eigenvalue weighted by molar-refractivity contribution is -0.127. The Morgan fingerprint density at radius 1 is 1.41 bits per heavy atom. The molecule has 0 fully saturated rings. The average molecular weight is 241 g/mol. The van der Waals surface area contributed by atoms with Crippen molar-refractivity contribution in [2.75, 3.05) is 6.54 Å². The van der Waals surface area contributed by atoms with E-state index in [1.807, 2.05) is 0 Å². The molecule has 17 heavy (non-hydrogen) atoms. The number of halogens is 1. The summed E-state index contributed by atoms with van der Waals surface area (Å²) in [5.74, 6) is -0.259. The Morgan fingerprint density at radius 2 is 2.00 bits per heavy atom. The van der Waals surface area contributed by atoms with Gasteiger partial charge in [0.15, 0.2) is 6.10 Å².